The maximum Gasteiger partial charge on any atom is 0.325 e. The number of rotatable bonds is 5. The largest absolute Gasteiger partial charge is 0.497 e. The number of aromatic nitrogens is 1. The topological polar surface area (TPSA) is 77.8 Å². The van der Waals surface area contributed by atoms with Crippen LogP contribution in [-0.2, 0) is 20.9 Å². The molecule has 3 aromatic rings. The lowest BCUT2D eigenvalue weighted by atomic mass is 9.90. The van der Waals surface area contributed by atoms with Gasteiger partial charge in [-0.1, -0.05) is 41.7 Å². The summed E-state index contributed by atoms with van der Waals surface area (Å²) in [6.07, 6.45) is 0.202. The summed E-state index contributed by atoms with van der Waals surface area (Å²) >= 11 is 1.05. The SMILES string of the molecule is COC(=O)Cn1c2c(sc1=O)[C@H](c1cccc(OC)c1)CC(=O)N2c1ccccc1. The zero-order chi connectivity index (χ0) is 21.3. The molecule has 0 N–H and O–H groups in total. The Balaban J connectivity index is 1.91. The number of esters is 1. The van der Waals surface area contributed by atoms with Crippen molar-refractivity contribution in [2.45, 2.75) is 18.9 Å². The van der Waals surface area contributed by atoms with E-state index in [0.29, 0.717) is 17.3 Å². The highest BCUT2D eigenvalue weighted by molar-refractivity contribution is 7.10. The molecule has 4 rings (SSSR count). The molecule has 0 spiro atoms. The van der Waals surface area contributed by atoms with Gasteiger partial charge in [-0.3, -0.25) is 23.9 Å². The quantitative estimate of drug-likeness (QED) is 0.588. The van der Waals surface area contributed by atoms with Crippen LogP contribution in [0.15, 0.2) is 59.4 Å². The number of hydrogen-bond acceptors (Lipinski definition) is 6. The first-order valence-corrected chi connectivity index (χ1v) is 10.2. The van der Waals surface area contributed by atoms with Crippen LogP contribution >= 0.6 is 11.3 Å². The lowest BCUT2D eigenvalue weighted by Gasteiger charge is -2.32. The Labute approximate surface area is 177 Å². The highest BCUT2D eigenvalue weighted by Crippen LogP contribution is 2.45. The average Bonchev–Trinajstić information content (AvgIpc) is 3.09. The normalized spacial score (nSPS) is 15.6. The molecular formula is C22H20N2O5S. The van der Waals surface area contributed by atoms with Crippen LogP contribution in [0.2, 0.25) is 0 Å². The van der Waals surface area contributed by atoms with Crippen molar-refractivity contribution in [2.24, 2.45) is 0 Å². The molecule has 7 nitrogen and oxygen atoms in total. The highest BCUT2D eigenvalue weighted by Gasteiger charge is 2.38. The number of ether oxygens (including phenoxy) is 2. The monoisotopic (exact) mass is 424 g/mol. The molecule has 0 bridgehead atoms. The van der Waals surface area contributed by atoms with Gasteiger partial charge in [-0.15, -0.1) is 0 Å². The third kappa shape index (κ3) is 3.50. The number of carbonyl (C=O) groups is 2. The van der Waals surface area contributed by atoms with Gasteiger partial charge in [-0.2, -0.15) is 0 Å². The molecule has 0 unspecified atom stereocenters. The van der Waals surface area contributed by atoms with Crippen molar-refractivity contribution in [3.8, 4) is 5.75 Å². The van der Waals surface area contributed by atoms with Crippen molar-refractivity contribution >= 4 is 34.7 Å². The van der Waals surface area contributed by atoms with Crippen LogP contribution in [0, 0.1) is 0 Å². The Morgan fingerprint density at radius 1 is 1.10 bits per heavy atom. The molecule has 30 heavy (non-hydrogen) atoms. The zero-order valence-electron chi connectivity index (χ0n) is 16.5. The predicted molar refractivity (Wildman–Crippen MR) is 114 cm³/mol. The number of para-hydroxylation sites is 1. The van der Waals surface area contributed by atoms with Crippen LogP contribution in [0.3, 0.4) is 0 Å². The molecule has 1 aromatic heterocycles. The minimum absolute atomic E-state index is 0.155. The van der Waals surface area contributed by atoms with E-state index in [2.05, 4.69) is 0 Å². The zero-order valence-corrected chi connectivity index (χ0v) is 17.3. The van der Waals surface area contributed by atoms with E-state index in [-0.39, 0.29) is 29.7 Å². The van der Waals surface area contributed by atoms with Crippen LogP contribution < -0.4 is 14.5 Å². The van der Waals surface area contributed by atoms with Gasteiger partial charge in [0, 0.05) is 12.3 Å². The molecule has 0 saturated heterocycles. The number of thiazole rings is 1. The minimum atomic E-state index is -0.554. The van der Waals surface area contributed by atoms with Crippen LogP contribution in [-0.4, -0.2) is 30.7 Å². The summed E-state index contributed by atoms with van der Waals surface area (Å²) in [4.78, 5) is 40.1. The fourth-order valence-electron chi connectivity index (χ4n) is 3.65. The number of methoxy groups -OCH3 is 2. The van der Waals surface area contributed by atoms with Gasteiger partial charge in [0.05, 0.1) is 24.8 Å². The molecule has 1 aliphatic rings. The second-order valence-corrected chi connectivity index (χ2v) is 7.81. The van der Waals surface area contributed by atoms with E-state index in [0.717, 1.165) is 21.8 Å². The number of nitrogens with zero attached hydrogens (tertiary/aromatic N) is 2. The van der Waals surface area contributed by atoms with Gasteiger partial charge in [0.2, 0.25) is 5.91 Å². The van der Waals surface area contributed by atoms with E-state index < -0.39 is 5.97 Å². The number of hydrogen-bond donors (Lipinski definition) is 0. The smallest absolute Gasteiger partial charge is 0.325 e. The van der Waals surface area contributed by atoms with Gasteiger partial charge in [0.15, 0.2) is 0 Å². The first-order valence-electron chi connectivity index (χ1n) is 9.35. The average molecular weight is 424 g/mol. The summed E-state index contributed by atoms with van der Waals surface area (Å²) in [5.74, 6) is 0.0813. The van der Waals surface area contributed by atoms with E-state index in [1.54, 1.807) is 19.2 Å². The number of benzene rings is 2. The number of carbonyl (C=O) groups excluding carboxylic acids is 2. The highest BCUT2D eigenvalue weighted by atomic mass is 32.1. The maximum atomic E-state index is 13.3. The van der Waals surface area contributed by atoms with Crippen LogP contribution in [0.1, 0.15) is 22.8 Å². The summed E-state index contributed by atoms with van der Waals surface area (Å²) in [6, 6.07) is 16.6. The van der Waals surface area contributed by atoms with Crippen LogP contribution in [0.5, 0.6) is 5.75 Å². The van der Waals surface area contributed by atoms with Gasteiger partial charge in [-0.05, 0) is 29.8 Å². The Morgan fingerprint density at radius 3 is 2.57 bits per heavy atom. The molecule has 1 aliphatic heterocycles. The fraction of sp³-hybridized carbons (Fsp3) is 0.227. The van der Waals surface area contributed by atoms with Gasteiger partial charge >= 0.3 is 10.8 Å². The van der Waals surface area contributed by atoms with Crippen molar-refractivity contribution in [1.29, 1.82) is 0 Å². The van der Waals surface area contributed by atoms with Crippen molar-refractivity contribution in [3.63, 3.8) is 0 Å². The lowest BCUT2D eigenvalue weighted by molar-refractivity contribution is -0.141. The first kappa shape index (κ1) is 19.9. The molecule has 2 heterocycles. The van der Waals surface area contributed by atoms with Crippen molar-refractivity contribution in [3.05, 3.63) is 74.7 Å². The number of anilines is 2. The Morgan fingerprint density at radius 2 is 1.87 bits per heavy atom. The summed E-state index contributed by atoms with van der Waals surface area (Å²) in [6.45, 7) is -0.261. The third-order valence-electron chi connectivity index (χ3n) is 5.08. The van der Waals surface area contributed by atoms with E-state index in [9.17, 15) is 14.4 Å². The van der Waals surface area contributed by atoms with E-state index in [1.807, 2.05) is 42.5 Å². The van der Waals surface area contributed by atoms with Crippen molar-refractivity contribution in [2.75, 3.05) is 19.1 Å². The van der Waals surface area contributed by atoms with Gasteiger partial charge in [0.1, 0.15) is 18.1 Å². The lowest BCUT2D eigenvalue weighted by Crippen LogP contribution is -2.36. The molecule has 0 radical (unpaired) electrons. The third-order valence-corrected chi connectivity index (χ3v) is 6.16. The minimum Gasteiger partial charge on any atom is -0.497 e. The summed E-state index contributed by atoms with van der Waals surface area (Å²) in [5, 5.41) is 0. The second-order valence-electron chi connectivity index (χ2n) is 6.82. The molecule has 0 aliphatic carbocycles. The van der Waals surface area contributed by atoms with Crippen molar-refractivity contribution in [1.82, 2.24) is 4.57 Å². The molecule has 2 aromatic carbocycles. The van der Waals surface area contributed by atoms with Gasteiger partial charge < -0.3 is 9.47 Å². The molecule has 0 saturated carbocycles. The Bertz CT molecular complexity index is 1150. The summed E-state index contributed by atoms with van der Waals surface area (Å²) in [5.41, 5.74) is 1.52. The molecule has 8 heteroatoms. The number of fused-ring (bicyclic) bond motifs is 1. The van der Waals surface area contributed by atoms with Crippen LogP contribution in [0.25, 0.3) is 0 Å². The molecular weight excluding hydrogens is 404 g/mol. The predicted octanol–water partition coefficient (Wildman–Crippen LogP) is 3.29. The summed E-state index contributed by atoms with van der Waals surface area (Å²) in [7, 11) is 2.85. The Kier molecular flexibility index (Phi) is 5.41. The van der Waals surface area contributed by atoms with Crippen molar-refractivity contribution < 1.29 is 19.1 Å². The molecule has 0 fully saturated rings. The van der Waals surface area contributed by atoms with Crippen LogP contribution in [0.4, 0.5) is 11.5 Å². The maximum absolute atomic E-state index is 13.3. The molecule has 1 atom stereocenters. The summed E-state index contributed by atoms with van der Waals surface area (Å²) < 4.78 is 11.4. The van der Waals surface area contributed by atoms with Gasteiger partial charge in [0.25, 0.3) is 0 Å². The van der Waals surface area contributed by atoms with E-state index in [4.69, 9.17) is 9.47 Å². The number of amides is 1. The fourth-order valence-corrected chi connectivity index (χ4v) is 4.76. The van der Waals surface area contributed by atoms with E-state index >= 15 is 0 Å². The van der Waals surface area contributed by atoms with Gasteiger partial charge in [-0.25, -0.2) is 0 Å². The molecule has 1 amide bonds. The standard InChI is InChI=1S/C22H20N2O5S/c1-28-16-10-6-7-14(11-16)17-12-18(25)24(15-8-4-3-5-9-15)21-20(17)30-22(27)23(21)13-19(26)29-2/h3-11,17H,12-13H2,1-2H3/t17-/m0/s1. The Hall–Kier alpha value is -3.39. The second kappa shape index (κ2) is 8.16. The first-order chi connectivity index (χ1) is 14.5. The molecule has 154 valence electrons. The van der Waals surface area contributed by atoms with E-state index in [1.165, 1.54) is 16.6 Å².